The molecule has 60 valence electrons. The predicted molar refractivity (Wildman–Crippen MR) is 51.8 cm³/mol. The van der Waals surface area contributed by atoms with Gasteiger partial charge in [-0.3, -0.25) is 0 Å². The van der Waals surface area contributed by atoms with Crippen molar-refractivity contribution in [3.8, 4) is 0 Å². The summed E-state index contributed by atoms with van der Waals surface area (Å²) in [5.74, 6) is 0. The van der Waals surface area contributed by atoms with Gasteiger partial charge in [-0.05, 0) is 13.0 Å². The topological polar surface area (TPSA) is 3.24 Å². The summed E-state index contributed by atoms with van der Waals surface area (Å²) >= 11 is 2.24. The molecule has 1 atom stereocenters. The standard InChI is InChI=1S/C7H17NSSi/c1-3-5-6-7-8(4-2)10-9-7/h7H,3-6,10H2,1-2H3. The molecule has 0 spiro atoms. The van der Waals surface area contributed by atoms with Crippen molar-refractivity contribution in [2.75, 3.05) is 6.54 Å². The van der Waals surface area contributed by atoms with Gasteiger partial charge in [-0.25, -0.2) is 0 Å². The van der Waals surface area contributed by atoms with Crippen LogP contribution in [-0.2, 0) is 0 Å². The van der Waals surface area contributed by atoms with Crippen LogP contribution in [0.3, 0.4) is 0 Å². The molecule has 3 heteroatoms. The highest BCUT2D eigenvalue weighted by molar-refractivity contribution is 8.24. The SMILES string of the molecule is CCCCC1S[SiH2]N1CC. The van der Waals surface area contributed by atoms with Crippen molar-refractivity contribution >= 4 is 20.0 Å². The maximum Gasteiger partial charge on any atom is 0.161 e. The van der Waals surface area contributed by atoms with Gasteiger partial charge in [0.1, 0.15) is 0 Å². The zero-order valence-corrected chi connectivity index (χ0v) is 9.20. The van der Waals surface area contributed by atoms with Crippen LogP contribution in [0.15, 0.2) is 0 Å². The second-order valence-electron chi connectivity index (χ2n) is 2.80. The van der Waals surface area contributed by atoms with E-state index < -0.39 is 0 Å². The fraction of sp³-hybridized carbons (Fsp3) is 1.00. The molecule has 0 radical (unpaired) electrons. The third kappa shape index (κ3) is 2.00. The third-order valence-corrected chi connectivity index (χ3v) is 7.20. The first-order valence-electron chi connectivity index (χ1n) is 4.24. The molecule has 1 rings (SSSR count). The highest BCUT2D eigenvalue weighted by Crippen LogP contribution is 2.29. The van der Waals surface area contributed by atoms with Crippen molar-refractivity contribution in [3.63, 3.8) is 0 Å². The van der Waals surface area contributed by atoms with Gasteiger partial charge in [-0.1, -0.05) is 26.7 Å². The first-order chi connectivity index (χ1) is 4.88. The molecule has 0 N–H and O–H groups in total. The van der Waals surface area contributed by atoms with Crippen LogP contribution in [0.5, 0.6) is 0 Å². The Labute approximate surface area is 70.1 Å². The van der Waals surface area contributed by atoms with Crippen molar-refractivity contribution in [1.82, 2.24) is 4.57 Å². The highest BCUT2D eigenvalue weighted by Gasteiger charge is 2.25. The van der Waals surface area contributed by atoms with Crippen LogP contribution in [0.4, 0.5) is 0 Å². The van der Waals surface area contributed by atoms with E-state index in [-0.39, 0.29) is 8.83 Å². The molecule has 10 heavy (non-hydrogen) atoms. The van der Waals surface area contributed by atoms with E-state index >= 15 is 0 Å². The minimum absolute atomic E-state index is 0.194. The van der Waals surface area contributed by atoms with E-state index in [4.69, 9.17) is 0 Å². The van der Waals surface area contributed by atoms with Crippen molar-refractivity contribution in [2.24, 2.45) is 0 Å². The molecule has 1 aliphatic rings. The number of unbranched alkanes of at least 4 members (excludes halogenated alkanes) is 1. The van der Waals surface area contributed by atoms with Crippen molar-refractivity contribution in [3.05, 3.63) is 0 Å². The van der Waals surface area contributed by atoms with Gasteiger partial charge in [-0.15, -0.1) is 0 Å². The Kier molecular flexibility index (Phi) is 3.81. The zero-order valence-electron chi connectivity index (χ0n) is 6.97. The molecule has 0 saturated carbocycles. The second kappa shape index (κ2) is 4.41. The number of hydrogen-bond donors (Lipinski definition) is 0. The summed E-state index contributed by atoms with van der Waals surface area (Å²) in [4.78, 5) is 0. The van der Waals surface area contributed by atoms with Gasteiger partial charge in [0, 0.05) is 5.37 Å². The highest BCUT2D eigenvalue weighted by atomic mass is 32.4. The largest absolute Gasteiger partial charge is 0.310 e. The second-order valence-corrected chi connectivity index (χ2v) is 6.52. The Morgan fingerprint density at radius 2 is 2.30 bits per heavy atom. The minimum atomic E-state index is 0.194. The maximum absolute atomic E-state index is 2.68. The van der Waals surface area contributed by atoms with Crippen LogP contribution in [0, 0.1) is 0 Å². The Balaban J connectivity index is 2.05. The molecule has 0 amide bonds. The fourth-order valence-corrected chi connectivity index (χ4v) is 5.40. The molecule has 0 bridgehead atoms. The van der Waals surface area contributed by atoms with Crippen LogP contribution >= 0.6 is 11.2 Å². The van der Waals surface area contributed by atoms with Gasteiger partial charge in [0.2, 0.25) is 0 Å². The van der Waals surface area contributed by atoms with E-state index in [0.717, 1.165) is 5.37 Å². The quantitative estimate of drug-likeness (QED) is 0.597. The van der Waals surface area contributed by atoms with Gasteiger partial charge >= 0.3 is 0 Å². The Hall–Kier alpha value is 0.527. The Morgan fingerprint density at radius 1 is 1.50 bits per heavy atom. The van der Waals surface area contributed by atoms with Crippen molar-refractivity contribution < 1.29 is 0 Å². The van der Waals surface area contributed by atoms with Crippen molar-refractivity contribution in [1.29, 1.82) is 0 Å². The summed E-state index contributed by atoms with van der Waals surface area (Å²) in [7, 11) is 0.194. The van der Waals surface area contributed by atoms with Crippen LogP contribution < -0.4 is 0 Å². The van der Waals surface area contributed by atoms with Crippen LogP contribution in [-0.4, -0.2) is 25.3 Å². The Bertz CT molecular complexity index is 97.6. The van der Waals surface area contributed by atoms with Gasteiger partial charge < -0.3 is 4.57 Å². The summed E-state index contributed by atoms with van der Waals surface area (Å²) < 4.78 is 2.68. The van der Waals surface area contributed by atoms with Crippen LogP contribution in [0.1, 0.15) is 33.1 Å². The molecule has 0 aromatic carbocycles. The van der Waals surface area contributed by atoms with Crippen LogP contribution in [0.2, 0.25) is 0 Å². The normalized spacial score (nSPS) is 28.8. The number of rotatable bonds is 4. The van der Waals surface area contributed by atoms with Gasteiger partial charge in [0.15, 0.2) is 8.83 Å². The molecular formula is C7H17NSSi. The predicted octanol–water partition coefficient (Wildman–Crippen LogP) is 1.57. The molecule has 1 aliphatic heterocycles. The lowest BCUT2D eigenvalue weighted by molar-refractivity contribution is 0.404. The molecule has 1 nitrogen and oxygen atoms in total. The van der Waals surface area contributed by atoms with Crippen LogP contribution in [0.25, 0.3) is 0 Å². The summed E-state index contributed by atoms with van der Waals surface area (Å²) in [6.07, 6.45) is 4.21. The third-order valence-electron chi connectivity index (χ3n) is 2.05. The lowest BCUT2D eigenvalue weighted by Gasteiger charge is -2.39. The molecule has 1 fully saturated rings. The average Bonchev–Trinajstić information content (AvgIpc) is 1.88. The van der Waals surface area contributed by atoms with Gasteiger partial charge in [0.05, 0.1) is 0 Å². The number of hydrogen-bond acceptors (Lipinski definition) is 2. The van der Waals surface area contributed by atoms with Gasteiger partial charge in [0.25, 0.3) is 0 Å². The van der Waals surface area contributed by atoms with E-state index in [2.05, 4.69) is 29.6 Å². The number of nitrogens with zero attached hydrogens (tertiary/aromatic N) is 1. The van der Waals surface area contributed by atoms with E-state index in [9.17, 15) is 0 Å². The molecule has 1 unspecified atom stereocenters. The Morgan fingerprint density at radius 3 is 2.70 bits per heavy atom. The first kappa shape index (κ1) is 8.62. The maximum atomic E-state index is 2.68. The lowest BCUT2D eigenvalue weighted by Crippen LogP contribution is -2.44. The molecule has 0 aromatic heterocycles. The summed E-state index contributed by atoms with van der Waals surface area (Å²) in [5.41, 5.74) is 0. The fourth-order valence-electron chi connectivity index (χ4n) is 1.22. The molecule has 0 aromatic rings. The molecule has 0 aliphatic carbocycles. The van der Waals surface area contributed by atoms with E-state index in [1.165, 1.54) is 25.8 Å². The van der Waals surface area contributed by atoms with E-state index in [1.54, 1.807) is 0 Å². The molecule has 1 saturated heterocycles. The first-order valence-corrected chi connectivity index (χ1v) is 7.65. The average molecular weight is 175 g/mol. The minimum Gasteiger partial charge on any atom is -0.310 e. The van der Waals surface area contributed by atoms with Crippen molar-refractivity contribution in [2.45, 2.75) is 38.5 Å². The summed E-state index contributed by atoms with van der Waals surface area (Å²) in [5, 5.41) is 0.927. The molecular weight excluding hydrogens is 158 g/mol. The lowest BCUT2D eigenvalue weighted by atomic mass is 10.2. The zero-order chi connectivity index (χ0) is 7.40. The van der Waals surface area contributed by atoms with E-state index in [0.29, 0.717) is 0 Å². The summed E-state index contributed by atoms with van der Waals surface area (Å²) in [6, 6.07) is 0. The monoisotopic (exact) mass is 175 g/mol. The smallest absolute Gasteiger partial charge is 0.161 e. The molecule has 1 heterocycles. The van der Waals surface area contributed by atoms with E-state index in [1.807, 2.05) is 0 Å². The summed E-state index contributed by atoms with van der Waals surface area (Å²) in [6.45, 7) is 5.86. The van der Waals surface area contributed by atoms with Gasteiger partial charge in [-0.2, -0.15) is 11.2 Å².